The molecule has 0 atom stereocenters. The minimum absolute atomic E-state index is 0.138. The molecule has 3 amide bonds. The van der Waals surface area contributed by atoms with Gasteiger partial charge in [0.05, 0.1) is 11.6 Å². The Morgan fingerprint density at radius 1 is 1.20 bits per heavy atom. The number of amides is 3. The van der Waals surface area contributed by atoms with Gasteiger partial charge in [-0.25, -0.2) is 9.78 Å². The van der Waals surface area contributed by atoms with Crippen molar-refractivity contribution in [3.05, 3.63) is 40.3 Å². The highest BCUT2D eigenvalue weighted by Gasteiger charge is 2.29. The van der Waals surface area contributed by atoms with Crippen LogP contribution in [0.3, 0.4) is 0 Å². The number of anilines is 1. The van der Waals surface area contributed by atoms with Gasteiger partial charge in [0.25, 0.3) is 5.91 Å². The lowest BCUT2D eigenvalue weighted by Gasteiger charge is -2.32. The molecular formula is C25H34N4O5S. The summed E-state index contributed by atoms with van der Waals surface area (Å²) in [6.07, 6.45) is 1.96. The maximum absolute atomic E-state index is 12.5. The first-order valence-electron chi connectivity index (χ1n) is 11.8. The number of likely N-dealkylation sites (tertiary alicyclic amines) is 1. The van der Waals surface area contributed by atoms with Crippen LogP contribution >= 0.6 is 11.3 Å². The molecule has 1 saturated heterocycles. The Morgan fingerprint density at radius 2 is 1.94 bits per heavy atom. The van der Waals surface area contributed by atoms with E-state index in [4.69, 9.17) is 9.47 Å². The number of piperidine rings is 1. The van der Waals surface area contributed by atoms with Gasteiger partial charge >= 0.3 is 6.09 Å². The molecule has 1 aliphatic heterocycles. The number of nitrogens with zero attached hydrogens (tertiary/aromatic N) is 2. The van der Waals surface area contributed by atoms with Crippen LogP contribution in [0.2, 0.25) is 0 Å². The van der Waals surface area contributed by atoms with E-state index in [1.54, 1.807) is 22.4 Å². The second-order valence-corrected chi connectivity index (χ2v) is 10.4. The lowest BCUT2D eigenvalue weighted by atomic mass is 9.98. The standard InChI is InChI=1S/C25H34N4O5S/c1-17(30)27-19-7-5-8-20(15-19)33-14-6-11-26-22(31)21-16-35-23(28-21)18-9-12-29(13-10-18)24(32)34-25(2,3)4/h5,7-8,15-16,18H,6,9-14H2,1-4H3,(H,26,31)(H,27,30). The van der Waals surface area contributed by atoms with Crippen molar-refractivity contribution >= 4 is 34.9 Å². The van der Waals surface area contributed by atoms with Gasteiger partial charge in [0.15, 0.2) is 0 Å². The van der Waals surface area contributed by atoms with E-state index >= 15 is 0 Å². The number of aromatic nitrogens is 1. The SMILES string of the molecule is CC(=O)Nc1cccc(OCCCNC(=O)c2csc(C3CCN(C(=O)OC(C)(C)C)CC3)n2)c1. The minimum Gasteiger partial charge on any atom is -0.493 e. The molecule has 0 radical (unpaired) electrons. The average Bonchev–Trinajstić information content (AvgIpc) is 3.28. The van der Waals surface area contributed by atoms with Gasteiger partial charge in [-0.1, -0.05) is 6.07 Å². The maximum atomic E-state index is 12.5. The molecule has 10 heteroatoms. The summed E-state index contributed by atoms with van der Waals surface area (Å²) in [7, 11) is 0. The monoisotopic (exact) mass is 502 g/mol. The number of rotatable bonds is 8. The maximum Gasteiger partial charge on any atom is 0.410 e. The largest absolute Gasteiger partial charge is 0.493 e. The third-order valence-corrected chi connectivity index (χ3v) is 6.29. The van der Waals surface area contributed by atoms with E-state index in [9.17, 15) is 14.4 Å². The number of hydrogen-bond acceptors (Lipinski definition) is 7. The van der Waals surface area contributed by atoms with Gasteiger partial charge in [0, 0.05) is 49.6 Å². The number of benzene rings is 1. The van der Waals surface area contributed by atoms with Crippen LogP contribution in [0, 0.1) is 0 Å². The minimum atomic E-state index is -0.504. The summed E-state index contributed by atoms with van der Waals surface area (Å²) in [5.41, 5.74) is 0.595. The van der Waals surface area contributed by atoms with Crippen LogP contribution in [-0.4, -0.2) is 59.6 Å². The Bertz CT molecular complexity index is 1020. The zero-order valence-corrected chi connectivity index (χ0v) is 21.6. The molecule has 190 valence electrons. The van der Waals surface area contributed by atoms with Crippen LogP contribution in [0.1, 0.15) is 68.4 Å². The predicted molar refractivity (Wildman–Crippen MR) is 135 cm³/mol. The van der Waals surface area contributed by atoms with Crippen molar-refractivity contribution in [2.75, 3.05) is 31.6 Å². The van der Waals surface area contributed by atoms with Gasteiger partial charge in [-0.05, 0) is 52.2 Å². The van der Waals surface area contributed by atoms with Crippen LogP contribution in [0.25, 0.3) is 0 Å². The Kier molecular flexibility index (Phi) is 9.08. The van der Waals surface area contributed by atoms with Crippen LogP contribution in [0.4, 0.5) is 10.5 Å². The first kappa shape index (κ1) is 26.5. The predicted octanol–water partition coefficient (Wildman–Crippen LogP) is 4.41. The average molecular weight is 503 g/mol. The van der Waals surface area contributed by atoms with Crippen LogP contribution in [0.15, 0.2) is 29.6 Å². The van der Waals surface area contributed by atoms with E-state index in [2.05, 4.69) is 15.6 Å². The summed E-state index contributed by atoms with van der Waals surface area (Å²) in [4.78, 5) is 42.2. The van der Waals surface area contributed by atoms with Gasteiger partial charge in [-0.2, -0.15) is 0 Å². The first-order chi connectivity index (χ1) is 16.6. The van der Waals surface area contributed by atoms with Crippen LogP contribution in [0.5, 0.6) is 5.75 Å². The lowest BCUT2D eigenvalue weighted by Crippen LogP contribution is -2.41. The first-order valence-corrected chi connectivity index (χ1v) is 12.7. The van der Waals surface area contributed by atoms with Crippen molar-refractivity contribution in [3.63, 3.8) is 0 Å². The van der Waals surface area contributed by atoms with Gasteiger partial charge in [0.2, 0.25) is 5.91 Å². The third-order valence-electron chi connectivity index (χ3n) is 5.28. The Hall–Kier alpha value is -3.14. The highest BCUT2D eigenvalue weighted by molar-refractivity contribution is 7.09. The molecule has 2 N–H and O–H groups in total. The molecular weight excluding hydrogens is 468 g/mol. The zero-order chi connectivity index (χ0) is 25.4. The molecule has 1 fully saturated rings. The summed E-state index contributed by atoms with van der Waals surface area (Å²) < 4.78 is 11.1. The molecule has 1 aromatic heterocycles. The van der Waals surface area contributed by atoms with E-state index in [-0.39, 0.29) is 23.8 Å². The molecule has 0 aliphatic carbocycles. The van der Waals surface area contributed by atoms with Crippen molar-refractivity contribution in [1.82, 2.24) is 15.2 Å². The number of ether oxygens (including phenoxy) is 2. The van der Waals surface area contributed by atoms with E-state index in [0.717, 1.165) is 17.8 Å². The number of carbonyl (C=O) groups is 3. The summed E-state index contributed by atoms with van der Waals surface area (Å²) in [6, 6.07) is 7.18. The normalized spacial score (nSPS) is 14.3. The van der Waals surface area contributed by atoms with Crippen molar-refractivity contribution in [3.8, 4) is 5.75 Å². The fraction of sp³-hybridized carbons (Fsp3) is 0.520. The van der Waals surface area contributed by atoms with Gasteiger partial charge in [0.1, 0.15) is 17.0 Å². The van der Waals surface area contributed by atoms with Crippen molar-refractivity contribution in [2.45, 2.75) is 58.5 Å². The number of thiazole rings is 1. The molecule has 2 heterocycles. The molecule has 35 heavy (non-hydrogen) atoms. The molecule has 0 unspecified atom stereocenters. The van der Waals surface area contributed by atoms with Crippen LogP contribution < -0.4 is 15.4 Å². The fourth-order valence-corrected chi connectivity index (χ4v) is 4.61. The third kappa shape index (κ3) is 8.54. The summed E-state index contributed by atoms with van der Waals surface area (Å²) in [5.74, 6) is 0.555. The summed E-state index contributed by atoms with van der Waals surface area (Å²) >= 11 is 1.49. The highest BCUT2D eigenvalue weighted by Crippen LogP contribution is 2.31. The lowest BCUT2D eigenvalue weighted by molar-refractivity contribution is -0.114. The smallest absolute Gasteiger partial charge is 0.410 e. The van der Waals surface area contributed by atoms with Crippen molar-refractivity contribution < 1.29 is 23.9 Å². The Labute approximate surface area is 210 Å². The second-order valence-electron chi connectivity index (χ2n) is 9.48. The van der Waals surface area contributed by atoms with Crippen LogP contribution in [-0.2, 0) is 9.53 Å². The van der Waals surface area contributed by atoms with Gasteiger partial charge < -0.3 is 25.0 Å². The van der Waals surface area contributed by atoms with Gasteiger partial charge in [-0.3, -0.25) is 9.59 Å². The summed E-state index contributed by atoms with van der Waals surface area (Å²) in [6.45, 7) is 9.18. The number of carbonyl (C=O) groups excluding carboxylic acids is 3. The molecule has 0 saturated carbocycles. The topological polar surface area (TPSA) is 110 Å². The number of hydrogen-bond donors (Lipinski definition) is 2. The molecule has 3 rings (SSSR count). The van der Waals surface area contributed by atoms with Crippen molar-refractivity contribution in [1.29, 1.82) is 0 Å². The van der Waals surface area contributed by atoms with E-state index < -0.39 is 5.60 Å². The molecule has 1 aromatic carbocycles. The van der Waals surface area contributed by atoms with Gasteiger partial charge in [-0.15, -0.1) is 11.3 Å². The second kappa shape index (κ2) is 12.0. The van der Waals surface area contributed by atoms with E-state index in [1.807, 2.05) is 32.9 Å². The molecule has 0 spiro atoms. The van der Waals surface area contributed by atoms with E-state index in [1.165, 1.54) is 18.3 Å². The Morgan fingerprint density at radius 3 is 2.63 bits per heavy atom. The van der Waals surface area contributed by atoms with Crippen molar-refractivity contribution in [2.24, 2.45) is 0 Å². The van der Waals surface area contributed by atoms with E-state index in [0.29, 0.717) is 49.8 Å². The zero-order valence-electron chi connectivity index (χ0n) is 20.8. The molecule has 2 aromatic rings. The quantitative estimate of drug-likeness (QED) is 0.517. The number of nitrogens with one attached hydrogen (secondary N) is 2. The molecule has 1 aliphatic rings. The highest BCUT2D eigenvalue weighted by atomic mass is 32.1. The molecule has 9 nitrogen and oxygen atoms in total. The molecule has 0 bridgehead atoms. The fourth-order valence-electron chi connectivity index (χ4n) is 3.64. The summed E-state index contributed by atoms with van der Waals surface area (Å²) in [5, 5.41) is 8.32. The Balaban J connectivity index is 1.38.